The number of pyridine rings is 1. The number of carbonyl (C=O) groups is 1. The summed E-state index contributed by atoms with van der Waals surface area (Å²) in [6.07, 6.45) is -3.87. The van der Waals surface area contributed by atoms with E-state index in [9.17, 15) is 18.0 Å². The van der Waals surface area contributed by atoms with Crippen molar-refractivity contribution in [2.45, 2.75) is 26.1 Å². The van der Waals surface area contributed by atoms with Gasteiger partial charge in [0.15, 0.2) is 0 Å². The van der Waals surface area contributed by atoms with Crippen LogP contribution in [0.4, 0.5) is 13.2 Å². The maximum Gasteiger partial charge on any atom is 0.417 e. The van der Waals surface area contributed by atoms with E-state index in [1.165, 1.54) is 6.07 Å². The Kier molecular flexibility index (Phi) is 3.87. The Morgan fingerprint density at radius 1 is 1.40 bits per heavy atom. The van der Waals surface area contributed by atoms with Crippen LogP contribution < -0.4 is 4.74 Å². The summed E-state index contributed by atoms with van der Waals surface area (Å²) in [5.41, 5.74) is -0.810. The molecule has 0 bridgehead atoms. The van der Waals surface area contributed by atoms with Crippen LogP contribution in [0.15, 0.2) is 18.3 Å². The van der Waals surface area contributed by atoms with Gasteiger partial charge in [-0.2, -0.15) is 13.2 Å². The van der Waals surface area contributed by atoms with E-state index in [0.717, 1.165) is 12.3 Å². The molecular weight excluding hydrogens is 273 g/mol. The average molecular weight is 288 g/mol. The second kappa shape index (κ2) is 5.30. The highest BCUT2D eigenvalue weighted by atomic mass is 19.4. The lowest BCUT2D eigenvalue weighted by molar-refractivity contribution is -0.143. The zero-order chi connectivity index (χ0) is 14.9. The van der Waals surface area contributed by atoms with E-state index in [1.54, 1.807) is 4.90 Å². The number of carbonyl (C=O) groups excluding carboxylic acids is 1. The van der Waals surface area contributed by atoms with Crippen LogP contribution in [0.5, 0.6) is 5.88 Å². The number of alkyl halides is 3. The van der Waals surface area contributed by atoms with E-state index >= 15 is 0 Å². The first kappa shape index (κ1) is 14.6. The molecule has 2 heterocycles. The number of ether oxygens (including phenoxy) is 1. The van der Waals surface area contributed by atoms with Crippen LogP contribution in [0.3, 0.4) is 0 Å². The summed E-state index contributed by atoms with van der Waals surface area (Å²) < 4.78 is 42.5. The minimum Gasteiger partial charge on any atom is -0.471 e. The van der Waals surface area contributed by atoms with Crippen molar-refractivity contribution in [3.05, 3.63) is 23.9 Å². The maximum absolute atomic E-state index is 12.4. The van der Waals surface area contributed by atoms with Gasteiger partial charge in [0.1, 0.15) is 6.10 Å². The molecule has 1 aliphatic heterocycles. The molecule has 0 aliphatic carbocycles. The molecule has 20 heavy (non-hydrogen) atoms. The quantitative estimate of drug-likeness (QED) is 0.857. The first-order valence-electron chi connectivity index (χ1n) is 6.26. The molecule has 1 aliphatic rings. The monoisotopic (exact) mass is 288 g/mol. The van der Waals surface area contributed by atoms with Crippen LogP contribution in [-0.4, -0.2) is 35.0 Å². The molecule has 1 aromatic heterocycles. The third-order valence-electron chi connectivity index (χ3n) is 3.00. The van der Waals surface area contributed by atoms with Crippen LogP contribution >= 0.6 is 0 Å². The molecule has 0 atom stereocenters. The van der Waals surface area contributed by atoms with E-state index < -0.39 is 11.7 Å². The minimum absolute atomic E-state index is 0.0465. The highest BCUT2D eigenvalue weighted by molar-refractivity contribution is 5.79. The number of amides is 1. The van der Waals surface area contributed by atoms with E-state index in [4.69, 9.17) is 4.74 Å². The van der Waals surface area contributed by atoms with Gasteiger partial charge in [-0.25, -0.2) is 4.98 Å². The second-order valence-corrected chi connectivity index (χ2v) is 5.02. The molecule has 0 spiro atoms. The lowest BCUT2D eigenvalue weighted by atomic mass is 10.1. The SMILES string of the molecule is CC(C)C(=O)N1CC(Oc2ccc(C(F)(F)F)cn2)C1. The predicted octanol–water partition coefficient (Wildman–Crippen LogP) is 2.35. The minimum atomic E-state index is -4.40. The average Bonchev–Trinajstić information content (AvgIpc) is 2.31. The molecule has 0 N–H and O–H groups in total. The van der Waals surface area contributed by atoms with Gasteiger partial charge < -0.3 is 9.64 Å². The Balaban J connectivity index is 1.86. The van der Waals surface area contributed by atoms with Gasteiger partial charge in [-0.1, -0.05) is 13.8 Å². The van der Waals surface area contributed by atoms with Crippen LogP contribution in [0.25, 0.3) is 0 Å². The Labute approximate surface area is 114 Å². The molecule has 0 radical (unpaired) electrons. The van der Waals surface area contributed by atoms with Gasteiger partial charge in [0.25, 0.3) is 0 Å². The second-order valence-electron chi connectivity index (χ2n) is 5.02. The number of aromatic nitrogens is 1. The molecule has 0 aromatic carbocycles. The smallest absolute Gasteiger partial charge is 0.417 e. The summed E-state index contributed by atoms with van der Waals surface area (Å²) in [7, 11) is 0. The van der Waals surface area contributed by atoms with E-state index in [2.05, 4.69) is 4.98 Å². The third kappa shape index (κ3) is 3.20. The zero-order valence-electron chi connectivity index (χ0n) is 11.1. The van der Waals surface area contributed by atoms with Crippen molar-refractivity contribution in [2.75, 3.05) is 13.1 Å². The Morgan fingerprint density at radius 3 is 2.50 bits per heavy atom. The molecule has 0 unspecified atom stereocenters. The summed E-state index contributed by atoms with van der Waals surface area (Å²) in [6.45, 7) is 4.52. The first-order chi connectivity index (χ1) is 9.27. The molecule has 1 aromatic rings. The lowest BCUT2D eigenvalue weighted by Gasteiger charge is -2.39. The van der Waals surface area contributed by atoms with Crippen molar-refractivity contribution in [2.24, 2.45) is 5.92 Å². The first-order valence-corrected chi connectivity index (χ1v) is 6.26. The van der Waals surface area contributed by atoms with Gasteiger partial charge in [0, 0.05) is 18.2 Å². The third-order valence-corrected chi connectivity index (χ3v) is 3.00. The van der Waals surface area contributed by atoms with Crippen LogP contribution in [0.1, 0.15) is 19.4 Å². The van der Waals surface area contributed by atoms with Crippen LogP contribution in [0.2, 0.25) is 0 Å². The van der Waals surface area contributed by atoms with Gasteiger partial charge in [0.2, 0.25) is 11.8 Å². The standard InChI is InChI=1S/C13H15F3N2O2/c1-8(2)12(19)18-6-10(7-18)20-11-4-3-9(5-17-11)13(14,15)16/h3-5,8,10H,6-7H2,1-2H3. The Hall–Kier alpha value is -1.79. The fraction of sp³-hybridized carbons (Fsp3) is 0.538. The van der Waals surface area contributed by atoms with Crippen LogP contribution in [0, 0.1) is 5.92 Å². The maximum atomic E-state index is 12.4. The molecule has 1 saturated heterocycles. The van der Waals surface area contributed by atoms with Gasteiger partial charge in [-0.15, -0.1) is 0 Å². The summed E-state index contributed by atoms with van der Waals surface area (Å²) in [5.74, 6) is 0.116. The zero-order valence-corrected chi connectivity index (χ0v) is 11.1. The number of rotatable bonds is 3. The molecule has 2 rings (SSSR count). The van der Waals surface area contributed by atoms with E-state index in [-0.39, 0.29) is 23.8 Å². The van der Waals surface area contributed by atoms with E-state index in [0.29, 0.717) is 13.1 Å². The molecule has 1 fully saturated rings. The van der Waals surface area contributed by atoms with Crippen molar-refractivity contribution >= 4 is 5.91 Å². The number of hydrogen-bond acceptors (Lipinski definition) is 3. The Bertz CT molecular complexity index is 479. The van der Waals surface area contributed by atoms with Gasteiger partial charge >= 0.3 is 6.18 Å². The number of likely N-dealkylation sites (tertiary alicyclic amines) is 1. The largest absolute Gasteiger partial charge is 0.471 e. The molecular formula is C13H15F3N2O2. The van der Waals surface area contributed by atoms with Gasteiger partial charge in [-0.3, -0.25) is 4.79 Å². The highest BCUT2D eigenvalue weighted by Crippen LogP contribution is 2.29. The molecule has 7 heteroatoms. The normalized spacial score (nSPS) is 16.2. The summed E-state index contributed by atoms with van der Waals surface area (Å²) in [4.78, 5) is 16.9. The molecule has 110 valence electrons. The lowest BCUT2D eigenvalue weighted by Crippen LogP contribution is -2.57. The van der Waals surface area contributed by atoms with Crippen molar-refractivity contribution in [1.29, 1.82) is 0 Å². The summed E-state index contributed by atoms with van der Waals surface area (Å²) in [6, 6.07) is 2.12. The highest BCUT2D eigenvalue weighted by Gasteiger charge is 2.34. The van der Waals surface area contributed by atoms with E-state index in [1.807, 2.05) is 13.8 Å². The molecule has 4 nitrogen and oxygen atoms in total. The predicted molar refractivity (Wildman–Crippen MR) is 65.1 cm³/mol. The number of halogens is 3. The number of nitrogens with zero attached hydrogens (tertiary/aromatic N) is 2. The van der Waals surface area contributed by atoms with Crippen molar-refractivity contribution in [3.63, 3.8) is 0 Å². The Morgan fingerprint density at radius 2 is 2.05 bits per heavy atom. The molecule has 1 amide bonds. The van der Waals surface area contributed by atoms with Gasteiger partial charge in [-0.05, 0) is 6.07 Å². The summed E-state index contributed by atoms with van der Waals surface area (Å²) in [5, 5.41) is 0. The van der Waals surface area contributed by atoms with Crippen molar-refractivity contribution in [3.8, 4) is 5.88 Å². The molecule has 0 saturated carbocycles. The van der Waals surface area contributed by atoms with Crippen molar-refractivity contribution in [1.82, 2.24) is 9.88 Å². The fourth-order valence-electron chi connectivity index (χ4n) is 1.85. The van der Waals surface area contributed by atoms with Gasteiger partial charge in [0.05, 0.1) is 18.7 Å². The summed E-state index contributed by atoms with van der Waals surface area (Å²) >= 11 is 0. The number of hydrogen-bond donors (Lipinski definition) is 0. The van der Waals surface area contributed by atoms with Crippen molar-refractivity contribution < 1.29 is 22.7 Å². The fourth-order valence-corrected chi connectivity index (χ4v) is 1.85. The van der Waals surface area contributed by atoms with Crippen LogP contribution in [-0.2, 0) is 11.0 Å². The topological polar surface area (TPSA) is 42.4 Å².